The van der Waals surface area contributed by atoms with E-state index in [2.05, 4.69) is 9.97 Å². The molecule has 4 rings (SSSR count). The molecule has 0 spiro atoms. The molecule has 2 heterocycles. The first-order valence-electron chi connectivity index (χ1n) is 7.80. The van der Waals surface area contributed by atoms with E-state index in [1.807, 2.05) is 12.1 Å². The smallest absolute Gasteiger partial charge is 0.331 e. The lowest BCUT2D eigenvalue weighted by Crippen LogP contribution is -2.43. The maximum Gasteiger partial charge on any atom is 0.331 e. The Labute approximate surface area is 141 Å². The summed E-state index contributed by atoms with van der Waals surface area (Å²) in [7, 11) is 0. The van der Waals surface area contributed by atoms with Gasteiger partial charge in [0.2, 0.25) is 0 Å². The Morgan fingerprint density at radius 2 is 2.08 bits per heavy atom. The van der Waals surface area contributed by atoms with Gasteiger partial charge in [0.15, 0.2) is 6.04 Å². The quantitative estimate of drug-likeness (QED) is 0.751. The number of nitrogens with zero attached hydrogens (tertiary/aromatic N) is 2. The minimum absolute atomic E-state index is 0.0573. The molecule has 1 aromatic heterocycles. The van der Waals surface area contributed by atoms with Gasteiger partial charge in [0.05, 0.1) is 17.4 Å². The Bertz CT molecular complexity index is 998. The SMILES string of the molecule is O=C(O)[C@@H]1c2ccccc2CCN1C(=O)c1cc(F)cc2[nH]cnc12. The number of carbonyl (C=O) groups is 2. The normalized spacial score (nSPS) is 16.7. The van der Waals surface area contributed by atoms with Gasteiger partial charge in [0.25, 0.3) is 5.91 Å². The highest BCUT2D eigenvalue weighted by Crippen LogP contribution is 2.32. The molecule has 0 radical (unpaired) electrons. The zero-order valence-electron chi connectivity index (χ0n) is 13.1. The molecule has 1 atom stereocenters. The number of aromatic amines is 1. The summed E-state index contributed by atoms with van der Waals surface area (Å²) in [5.74, 6) is -2.24. The average molecular weight is 339 g/mol. The van der Waals surface area contributed by atoms with Crippen LogP contribution in [0.2, 0.25) is 0 Å². The number of halogens is 1. The molecule has 0 bridgehead atoms. The van der Waals surface area contributed by atoms with Gasteiger partial charge < -0.3 is 15.0 Å². The summed E-state index contributed by atoms with van der Waals surface area (Å²) >= 11 is 0. The van der Waals surface area contributed by atoms with Crippen molar-refractivity contribution in [1.29, 1.82) is 0 Å². The van der Waals surface area contributed by atoms with E-state index in [0.717, 1.165) is 11.6 Å². The van der Waals surface area contributed by atoms with E-state index in [-0.39, 0.29) is 12.1 Å². The number of aromatic nitrogens is 2. The van der Waals surface area contributed by atoms with Crippen LogP contribution in [0.15, 0.2) is 42.7 Å². The van der Waals surface area contributed by atoms with Gasteiger partial charge in [-0.1, -0.05) is 24.3 Å². The molecule has 1 aliphatic heterocycles. The molecule has 6 nitrogen and oxygen atoms in total. The largest absolute Gasteiger partial charge is 0.479 e. The number of imidazole rings is 1. The number of aliphatic carboxylic acids is 1. The number of hydrogen-bond donors (Lipinski definition) is 2. The van der Waals surface area contributed by atoms with Crippen LogP contribution in [0, 0.1) is 5.82 Å². The minimum Gasteiger partial charge on any atom is -0.479 e. The van der Waals surface area contributed by atoms with Gasteiger partial charge in [-0.3, -0.25) is 4.79 Å². The molecule has 3 aromatic rings. The Morgan fingerprint density at radius 3 is 2.88 bits per heavy atom. The van der Waals surface area contributed by atoms with Crippen LogP contribution in [0.25, 0.3) is 11.0 Å². The number of fused-ring (bicyclic) bond motifs is 2. The third-order valence-corrected chi connectivity index (χ3v) is 4.50. The van der Waals surface area contributed by atoms with Crippen LogP contribution in [0.4, 0.5) is 4.39 Å². The zero-order chi connectivity index (χ0) is 17.6. The van der Waals surface area contributed by atoms with Crippen molar-refractivity contribution in [3.8, 4) is 0 Å². The monoisotopic (exact) mass is 339 g/mol. The predicted molar refractivity (Wildman–Crippen MR) is 87.6 cm³/mol. The molecule has 0 aliphatic carbocycles. The highest BCUT2D eigenvalue weighted by molar-refractivity contribution is 6.06. The number of nitrogens with one attached hydrogen (secondary N) is 1. The van der Waals surface area contributed by atoms with Crippen LogP contribution in [-0.2, 0) is 11.2 Å². The van der Waals surface area contributed by atoms with E-state index in [4.69, 9.17) is 0 Å². The van der Waals surface area contributed by atoms with Crippen LogP contribution >= 0.6 is 0 Å². The lowest BCUT2D eigenvalue weighted by atomic mass is 9.92. The standard InChI is InChI=1S/C18H14FN3O3/c19-11-7-13(15-14(8-11)20-9-21-15)17(23)22-6-5-10-3-1-2-4-12(10)16(22)18(24)25/h1-4,7-9,16H,5-6H2,(H,20,21)(H,24,25)/t16-/m0/s1. The average Bonchev–Trinajstić information content (AvgIpc) is 3.07. The summed E-state index contributed by atoms with van der Waals surface area (Å²) in [6, 6.07) is 8.41. The number of H-pyrrole nitrogens is 1. The first kappa shape index (κ1) is 15.3. The molecule has 0 saturated heterocycles. The Balaban J connectivity index is 1.81. The summed E-state index contributed by atoms with van der Waals surface area (Å²) < 4.78 is 13.9. The Hall–Kier alpha value is -3.22. The Morgan fingerprint density at radius 1 is 1.28 bits per heavy atom. The number of carboxylic acid groups (broad SMARTS) is 1. The second-order valence-electron chi connectivity index (χ2n) is 5.94. The van der Waals surface area contributed by atoms with Gasteiger partial charge >= 0.3 is 5.97 Å². The zero-order valence-corrected chi connectivity index (χ0v) is 13.1. The lowest BCUT2D eigenvalue weighted by Gasteiger charge is -2.34. The van der Waals surface area contributed by atoms with Crippen molar-refractivity contribution >= 4 is 22.9 Å². The fourth-order valence-corrected chi connectivity index (χ4v) is 3.38. The number of carboxylic acids is 1. The molecule has 1 amide bonds. The highest BCUT2D eigenvalue weighted by atomic mass is 19.1. The van der Waals surface area contributed by atoms with E-state index >= 15 is 0 Å². The summed E-state index contributed by atoms with van der Waals surface area (Å²) in [6.45, 7) is 0.245. The van der Waals surface area contributed by atoms with Crippen molar-refractivity contribution in [3.63, 3.8) is 0 Å². The summed E-state index contributed by atoms with van der Waals surface area (Å²) in [5, 5.41) is 9.69. The van der Waals surface area contributed by atoms with Gasteiger partial charge in [0, 0.05) is 6.54 Å². The summed E-state index contributed by atoms with van der Waals surface area (Å²) in [4.78, 5) is 33.0. The van der Waals surface area contributed by atoms with E-state index < -0.39 is 23.7 Å². The van der Waals surface area contributed by atoms with Crippen molar-refractivity contribution in [1.82, 2.24) is 14.9 Å². The molecular weight excluding hydrogens is 325 g/mol. The second-order valence-corrected chi connectivity index (χ2v) is 5.94. The van der Waals surface area contributed by atoms with E-state index in [1.54, 1.807) is 12.1 Å². The molecule has 126 valence electrons. The van der Waals surface area contributed by atoms with Crippen LogP contribution < -0.4 is 0 Å². The number of rotatable bonds is 2. The van der Waals surface area contributed by atoms with Crippen molar-refractivity contribution in [3.05, 3.63) is 65.2 Å². The number of benzene rings is 2. The molecule has 2 N–H and O–H groups in total. The molecular formula is C18H14FN3O3. The van der Waals surface area contributed by atoms with E-state index in [9.17, 15) is 19.1 Å². The molecule has 2 aromatic carbocycles. The number of amides is 1. The van der Waals surface area contributed by atoms with Crippen LogP contribution in [0.5, 0.6) is 0 Å². The topological polar surface area (TPSA) is 86.3 Å². The third kappa shape index (κ3) is 2.44. The lowest BCUT2D eigenvalue weighted by molar-refractivity contribution is -0.143. The van der Waals surface area contributed by atoms with Gasteiger partial charge in [-0.15, -0.1) is 0 Å². The highest BCUT2D eigenvalue weighted by Gasteiger charge is 2.36. The first-order valence-corrected chi connectivity index (χ1v) is 7.80. The number of hydrogen-bond acceptors (Lipinski definition) is 3. The van der Waals surface area contributed by atoms with E-state index in [1.165, 1.54) is 17.3 Å². The second kappa shape index (κ2) is 5.70. The molecule has 0 unspecified atom stereocenters. The summed E-state index contributed by atoms with van der Waals surface area (Å²) in [5.41, 5.74) is 2.27. The van der Waals surface area contributed by atoms with Crippen molar-refractivity contribution in [2.24, 2.45) is 0 Å². The Kier molecular flexibility index (Phi) is 3.49. The molecule has 1 aliphatic rings. The van der Waals surface area contributed by atoms with Gasteiger partial charge in [0.1, 0.15) is 11.3 Å². The predicted octanol–water partition coefficient (Wildman–Crippen LogP) is 2.53. The van der Waals surface area contributed by atoms with Crippen LogP contribution in [0.3, 0.4) is 0 Å². The van der Waals surface area contributed by atoms with Crippen LogP contribution in [-0.4, -0.2) is 38.4 Å². The number of carbonyl (C=O) groups excluding carboxylic acids is 1. The van der Waals surface area contributed by atoms with E-state index in [0.29, 0.717) is 23.0 Å². The van der Waals surface area contributed by atoms with Crippen molar-refractivity contribution in [2.45, 2.75) is 12.5 Å². The fourth-order valence-electron chi connectivity index (χ4n) is 3.38. The van der Waals surface area contributed by atoms with Gasteiger partial charge in [-0.05, 0) is 29.7 Å². The maximum atomic E-state index is 13.9. The first-order chi connectivity index (χ1) is 12.1. The minimum atomic E-state index is -1.12. The fraction of sp³-hybridized carbons (Fsp3) is 0.167. The van der Waals surface area contributed by atoms with Gasteiger partial charge in [-0.2, -0.15) is 0 Å². The van der Waals surface area contributed by atoms with Crippen molar-refractivity contribution < 1.29 is 19.1 Å². The van der Waals surface area contributed by atoms with Crippen molar-refractivity contribution in [2.75, 3.05) is 6.54 Å². The molecule has 25 heavy (non-hydrogen) atoms. The third-order valence-electron chi connectivity index (χ3n) is 4.50. The maximum absolute atomic E-state index is 13.9. The summed E-state index contributed by atoms with van der Waals surface area (Å²) in [6.07, 6.45) is 1.92. The van der Waals surface area contributed by atoms with Crippen LogP contribution in [0.1, 0.15) is 27.5 Å². The molecule has 0 saturated carbocycles. The molecule has 0 fully saturated rings. The molecule has 7 heteroatoms. The van der Waals surface area contributed by atoms with Gasteiger partial charge in [-0.25, -0.2) is 14.2 Å².